The van der Waals surface area contributed by atoms with Crippen LogP contribution >= 0.6 is 22.9 Å². The van der Waals surface area contributed by atoms with Gasteiger partial charge in [-0.25, -0.2) is 21.8 Å². The van der Waals surface area contributed by atoms with E-state index in [-0.39, 0.29) is 9.79 Å². The summed E-state index contributed by atoms with van der Waals surface area (Å²) in [5.74, 6) is 0. The fraction of sp³-hybridized carbons (Fsp3) is 0.250. The first kappa shape index (κ1) is 17.2. The molecule has 0 saturated carbocycles. The van der Waals surface area contributed by atoms with Crippen LogP contribution in [-0.2, 0) is 26.2 Å². The Morgan fingerprint density at radius 2 is 1.64 bits per heavy atom. The van der Waals surface area contributed by atoms with Gasteiger partial charge in [0.1, 0.15) is 0 Å². The number of rotatable bonds is 5. The van der Waals surface area contributed by atoms with Gasteiger partial charge in [0.15, 0.2) is 24.1 Å². The minimum absolute atomic E-state index is 0.0553. The predicted molar refractivity (Wildman–Crippen MR) is 87.1 cm³/mol. The van der Waals surface area contributed by atoms with Crippen LogP contribution < -0.4 is 5.32 Å². The molecule has 0 bridgehead atoms. The number of aromatic nitrogens is 1. The Labute approximate surface area is 138 Å². The van der Waals surface area contributed by atoms with Gasteiger partial charge in [-0.1, -0.05) is 11.6 Å². The molecule has 1 N–H and O–H groups in total. The average Bonchev–Trinajstić information content (AvgIpc) is 2.80. The smallest absolute Gasteiger partial charge is 0.183 e. The van der Waals surface area contributed by atoms with Crippen LogP contribution in [0.15, 0.2) is 34.2 Å². The molecule has 0 spiro atoms. The van der Waals surface area contributed by atoms with Crippen molar-refractivity contribution in [1.82, 2.24) is 4.98 Å². The minimum atomic E-state index is -3.52. The number of nitrogens with one attached hydrogen (secondary N) is 1. The lowest BCUT2D eigenvalue weighted by Crippen LogP contribution is -2.05. The molecule has 0 radical (unpaired) electrons. The maximum Gasteiger partial charge on any atom is 0.183 e. The molecule has 0 unspecified atom stereocenters. The zero-order valence-electron chi connectivity index (χ0n) is 11.7. The van der Waals surface area contributed by atoms with E-state index in [1.807, 2.05) is 0 Å². The number of anilines is 1. The van der Waals surface area contributed by atoms with Gasteiger partial charge in [0.2, 0.25) is 0 Å². The summed E-state index contributed by atoms with van der Waals surface area (Å²) in [6.07, 6.45) is 3.65. The van der Waals surface area contributed by atoms with Crippen molar-refractivity contribution < 1.29 is 16.8 Å². The number of sulfone groups is 2. The summed E-state index contributed by atoms with van der Waals surface area (Å²) in [6, 6.07) is 3.94. The molecule has 1 aromatic heterocycles. The second kappa shape index (κ2) is 6.15. The Morgan fingerprint density at radius 3 is 2.05 bits per heavy atom. The molecule has 1 heterocycles. The van der Waals surface area contributed by atoms with Crippen LogP contribution in [-0.4, -0.2) is 34.3 Å². The molecule has 0 aliphatic heterocycles. The summed E-state index contributed by atoms with van der Waals surface area (Å²) in [5, 5.41) is 2.98. The summed E-state index contributed by atoms with van der Waals surface area (Å²) in [6.45, 7) is 0.362. The number of hydrogen-bond acceptors (Lipinski definition) is 7. The van der Waals surface area contributed by atoms with Gasteiger partial charge < -0.3 is 5.32 Å². The highest BCUT2D eigenvalue weighted by Gasteiger charge is 2.15. The molecule has 120 valence electrons. The molecular weight excluding hydrogens is 368 g/mol. The Morgan fingerprint density at radius 1 is 1.09 bits per heavy atom. The molecule has 0 saturated heterocycles. The van der Waals surface area contributed by atoms with Crippen LogP contribution in [0.4, 0.5) is 5.69 Å². The molecule has 10 heteroatoms. The Hall–Kier alpha value is -1.16. The van der Waals surface area contributed by atoms with Gasteiger partial charge in [-0.05, 0) is 18.2 Å². The minimum Gasteiger partial charge on any atom is -0.380 e. The van der Waals surface area contributed by atoms with Crippen LogP contribution in [0.2, 0.25) is 4.47 Å². The SMILES string of the molecule is CS(=O)(=O)c1cc(NCc2cnc(Cl)s2)cc(S(C)(=O)=O)c1. The van der Waals surface area contributed by atoms with E-state index >= 15 is 0 Å². The van der Waals surface area contributed by atoms with E-state index in [4.69, 9.17) is 11.6 Å². The molecule has 0 amide bonds. The topological polar surface area (TPSA) is 93.2 Å². The Kier molecular flexibility index (Phi) is 4.81. The van der Waals surface area contributed by atoms with Gasteiger partial charge in [-0.15, -0.1) is 11.3 Å². The molecule has 2 rings (SSSR count). The monoisotopic (exact) mass is 380 g/mol. The number of thiazole rings is 1. The predicted octanol–water partition coefficient (Wildman–Crippen LogP) is 2.22. The van der Waals surface area contributed by atoms with Crippen molar-refractivity contribution in [3.05, 3.63) is 33.7 Å². The highest BCUT2D eigenvalue weighted by atomic mass is 35.5. The molecule has 0 aliphatic rings. The summed E-state index contributed by atoms with van der Waals surface area (Å²) >= 11 is 7.02. The van der Waals surface area contributed by atoms with E-state index in [2.05, 4.69) is 10.3 Å². The van der Waals surface area contributed by atoms with Crippen molar-refractivity contribution in [2.75, 3.05) is 17.8 Å². The van der Waals surface area contributed by atoms with Crippen LogP contribution in [0.3, 0.4) is 0 Å². The highest BCUT2D eigenvalue weighted by molar-refractivity contribution is 7.91. The largest absolute Gasteiger partial charge is 0.380 e. The van der Waals surface area contributed by atoms with Gasteiger partial charge in [0, 0.05) is 29.3 Å². The van der Waals surface area contributed by atoms with Crippen molar-refractivity contribution in [2.45, 2.75) is 16.3 Å². The standard InChI is InChI=1S/C12H13ClN2O4S3/c1-21(16,17)10-3-8(4-11(5-10)22(2,18)19)14-6-9-7-15-12(13)20-9/h3-5,7,14H,6H2,1-2H3. The summed E-state index contributed by atoms with van der Waals surface area (Å²) in [4.78, 5) is 4.63. The average molecular weight is 381 g/mol. The third-order valence-electron chi connectivity index (χ3n) is 2.73. The second-order valence-corrected chi connectivity index (χ2v) is 10.4. The lowest BCUT2D eigenvalue weighted by atomic mass is 10.3. The summed E-state index contributed by atoms with van der Waals surface area (Å²) in [5.41, 5.74) is 0.396. The van der Waals surface area contributed by atoms with Gasteiger partial charge in [-0.3, -0.25) is 0 Å². The first-order valence-electron chi connectivity index (χ1n) is 5.95. The van der Waals surface area contributed by atoms with Gasteiger partial charge in [0.05, 0.1) is 16.3 Å². The molecular formula is C12H13ClN2O4S3. The third kappa shape index (κ3) is 4.42. The van der Waals surface area contributed by atoms with Crippen molar-refractivity contribution in [3.8, 4) is 0 Å². The molecule has 0 atom stereocenters. The van der Waals surface area contributed by atoms with E-state index in [1.165, 1.54) is 23.5 Å². The molecule has 1 aromatic carbocycles. The van der Waals surface area contributed by atoms with E-state index in [9.17, 15) is 16.8 Å². The number of hydrogen-bond donors (Lipinski definition) is 1. The number of benzene rings is 1. The second-order valence-electron chi connectivity index (χ2n) is 4.67. The number of nitrogens with zero attached hydrogens (tertiary/aromatic N) is 1. The van der Waals surface area contributed by atoms with Gasteiger partial charge in [0.25, 0.3) is 0 Å². The highest BCUT2D eigenvalue weighted by Crippen LogP contribution is 2.24. The van der Waals surface area contributed by atoms with Crippen LogP contribution in [0.1, 0.15) is 4.88 Å². The Balaban J connectivity index is 2.38. The van der Waals surface area contributed by atoms with Crippen molar-refractivity contribution in [2.24, 2.45) is 0 Å². The lowest BCUT2D eigenvalue weighted by Gasteiger charge is -2.09. The molecule has 0 fully saturated rings. The van der Waals surface area contributed by atoms with E-state index < -0.39 is 19.7 Å². The number of halogens is 1. The van der Waals surface area contributed by atoms with Gasteiger partial charge >= 0.3 is 0 Å². The molecule has 0 aliphatic carbocycles. The van der Waals surface area contributed by atoms with Gasteiger partial charge in [-0.2, -0.15) is 0 Å². The molecule has 6 nitrogen and oxygen atoms in total. The van der Waals surface area contributed by atoms with E-state index in [1.54, 1.807) is 6.20 Å². The maximum absolute atomic E-state index is 11.7. The van der Waals surface area contributed by atoms with Crippen LogP contribution in [0.5, 0.6) is 0 Å². The molecule has 22 heavy (non-hydrogen) atoms. The first-order valence-corrected chi connectivity index (χ1v) is 10.9. The first-order chi connectivity index (χ1) is 10.1. The summed E-state index contributed by atoms with van der Waals surface area (Å²) < 4.78 is 47.2. The van der Waals surface area contributed by atoms with Crippen molar-refractivity contribution in [1.29, 1.82) is 0 Å². The van der Waals surface area contributed by atoms with Crippen LogP contribution in [0, 0.1) is 0 Å². The third-order valence-corrected chi connectivity index (χ3v) is 6.03. The maximum atomic E-state index is 11.7. The van der Waals surface area contributed by atoms with E-state index in [0.29, 0.717) is 16.7 Å². The zero-order chi connectivity index (χ0) is 16.5. The fourth-order valence-electron chi connectivity index (χ4n) is 1.66. The summed E-state index contributed by atoms with van der Waals surface area (Å²) in [7, 11) is -7.04. The lowest BCUT2D eigenvalue weighted by molar-refractivity contribution is 0.600. The quantitative estimate of drug-likeness (QED) is 0.854. The normalized spacial score (nSPS) is 12.3. The van der Waals surface area contributed by atoms with Crippen LogP contribution in [0.25, 0.3) is 0 Å². The molecule has 2 aromatic rings. The van der Waals surface area contributed by atoms with Crippen molar-refractivity contribution >= 4 is 48.3 Å². The van der Waals surface area contributed by atoms with Crippen molar-refractivity contribution in [3.63, 3.8) is 0 Å². The fourth-order valence-corrected chi connectivity index (χ4v) is 4.01. The Bertz CT molecular complexity index is 854. The zero-order valence-corrected chi connectivity index (χ0v) is 14.9. The van der Waals surface area contributed by atoms with E-state index in [0.717, 1.165) is 23.5 Å².